The van der Waals surface area contributed by atoms with Gasteiger partial charge in [-0.05, 0) is 24.3 Å². The van der Waals surface area contributed by atoms with Crippen LogP contribution in [0.2, 0.25) is 0 Å². The van der Waals surface area contributed by atoms with Crippen LogP contribution in [0.15, 0.2) is 36.7 Å². The van der Waals surface area contributed by atoms with Crippen molar-refractivity contribution in [1.82, 2.24) is 9.78 Å². The van der Waals surface area contributed by atoms with Gasteiger partial charge in [-0.25, -0.2) is 9.07 Å². The summed E-state index contributed by atoms with van der Waals surface area (Å²) < 4.78 is 14.4. The molecule has 0 aliphatic carbocycles. The molecule has 0 bridgehead atoms. The summed E-state index contributed by atoms with van der Waals surface area (Å²) in [7, 11) is 0. The highest BCUT2D eigenvalue weighted by Gasteiger charge is 2.00. The molecule has 2 aromatic rings. The number of aromatic nitrogens is 2. The predicted molar refractivity (Wildman–Crippen MR) is 47.9 cm³/mol. The van der Waals surface area contributed by atoms with E-state index < -0.39 is 5.82 Å². The molecule has 0 aliphatic heterocycles. The summed E-state index contributed by atoms with van der Waals surface area (Å²) in [6.45, 7) is 0. The van der Waals surface area contributed by atoms with Crippen LogP contribution in [0.1, 0.15) is 0 Å². The molecule has 0 radical (unpaired) electrons. The summed E-state index contributed by atoms with van der Waals surface area (Å²) >= 11 is 0. The molecule has 2 rings (SSSR count). The molecule has 3 nitrogen and oxygen atoms in total. The van der Waals surface area contributed by atoms with E-state index in [1.54, 1.807) is 35.3 Å². The minimum Gasteiger partial charge on any atom is -0.396 e. The lowest BCUT2D eigenvalue weighted by Gasteiger charge is -2.02. The van der Waals surface area contributed by atoms with E-state index in [2.05, 4.69) is 5.10 Å². The number of nitrogens with two attached hydrogens (primary N) is 1. The number of hydrogen-bond donors (Lipinski definition) is 1. The van der Waals surface area contributed by atoms with E-state index in [4.69, 9.17) is 5.73 Å². The van der Waals surface area contributed by atoms with Crippen molar-refractivity contribution < 1.29 is 4.39 Å². The average molecular weight is 177 g/mol. The van der Waals surface area contributed by atoms with E-state index in [1.165, 1.54) is 6.07 Å². The molecule has 1 heterocycles. The molecule has 0 saturated heterocycles. The van der Waals surface area contributed by atoms with Crippen LogP contribution < -0.4 is 5.73 Å². The van der Waals surface area contributed by atoms with Crippen LogP contribution in [0, 0.1) is 5.82 Å². The van der Waals surface area contributed by atoms with Crippen molar-refractivity contribution in [3.05, 3.63) is 42.5 Å². The highest BCUT2D eigenvalue weighted by Crippen LogP contribution is 2.14. The normalized spacial score (nSPS) is 10.2. The van der Waals surface area contributed by atoms with Crippen LogP contribution in [-0.2, 0) is 0 Å². The SMILES string of the molecule is Nc1cc(-n2cccn2)ccc1F. The number of anilines is 1. The van der Waals surface area contributed by atoms with Gasteiger partial charge in [-0.2, -0.15) is 5.10 Å². The molecule has 0 amide bonds. The first-order chi connectivity index (χ1) is 6.27. The van der Waals surface area contributed by atoms with E-state index >= 15 is 0 Å². The average Bonchev–Trinajstić information content (AvgIpc) is 2.62. The van der Waals surface area contributed by atoms with Gasteiger partial charge in [0.1, 0.15) is 5.82 Å². The predicted octanol–water partition coefficient (Wildman–Crippen LogP) is 1.59. The van der Waals surface area contributed by atoms with Crippen molar-refractivity contribution in [2.45, 2.75) is 0 Å². The summed E-state index contributed by atoms with van der Waals surface area (Å²) in [5.41, 5.74) is 6.30. The first-order valence-electron chi connectivity index (χ1n) is 3.82. The number of nitrogen functional groups attached to an aromatic ring is 1. The first-order valence-corrected chi connectivity index (χ1v) is 3.82. The van der Waals surface area contributed by atoms with Gasteiger partial charge < -0.3 is 5.73 Å². The van der Waals surface area contributed by atoms with Gasteiger partial charge in [0.25, 0.3) is 0 Å². The zero-order valence-corrected chi connectivity index (χ0v) is 6.81. The monoisotopic (exact) mass is 177 g/mol. The topological polar surface area (TPSA) is 43.8 Å². The molecular formula is C9H8FN3. The van der Waals surface area contributed by atoms with Crippen molar-refractivity contribution in [3.8, 4) is 5.69 Å². The lowest BCUT2D eigenvalue weighted by Crippen LogP contribution is -1.97. The molecule has 0 aliphatic rings. The van der Waals surface area contributed by atoms with Crippen LogP contribution >= 0.6 is 0 Å². The number of benzene rings is 1. The Labute approximate surface area is 74.6 Å². The fraction of sp³-hybridized carbons (Fsp3) is 0. The molecule has 0 atom stereocenters. The van der Waals surface area contributed by atoms with Crippen LogP contribution in [0.25, 0.3) is 5.69 Å². The molecule has 1 aromatic carbocycles. The molecular weight excluding hydrogens is 169 g/mol. The Bertz CT molecular complexity index is 409. The number of rotatable bonds is 1. The minimum atomic E-state index is -0.407. The van der Waals surface area contributed by atoms with Gasteiger partial charge in [0, 0.05) is 12.4 Å². The second kappa shape index (κ2) is 2.90. The number of hydrogen-bond acceptors (Lipinski definition) is 2. The summed E-state index contributed by atoms with van der Waals surface area (Å²) in [5, 5.41) is 4.00. The fourth-order valence-electron chi connectivity index (χ4n) is 1.10. The summed E-state index contributed by atoms with van der Waals surface area (Å²) in [6, 6.07) is 6.28. The van der Waals surface area contributed by atoms with Crippen molar-refractivity contribution in [1.29, 1.82) is 0 Å². The highest BCUT2D eigenvalue weighted by molar-refractivity contribution is 5.48. The summed E-state index contributed by atoms with van der Waals surface area (Å²) in [5.74, 6) is -0.407. The van der Waals surface area contributed by atoms with Crippen LogP contribution in [0.3, 0.4) is 0 Å². The van der Waals surface area contributed by atoms with Gasteiger partial charge in [0.05, 0.1) is 11.4 Å². The maximum Gasteiger partial charge on any atom is 0.146 e. The van der Waals surface area contributed by atoms with Gasteiger partial charge in [0.15, 0.2) is 0 Å². The second-order valence-corrected chi connectivity index (χ2v) is 2.66. The molecule has 0 fully saturated rings. The van der Waals surface area contributed by atoms with E-state index in [1.807, 2.05) is 0 Å². The Morgan fingerprint density at radius 1 is 1.38 bits per heavy atom. The lowest BCUT2D eigenvalue weighted by atomic mass is 10.3. The largest absolute Gasteiger partial charge is 0.396 e. The van der Waals surface area contributed by atoms with Crippen molar-refractivity contribution in [2.24, 2.45) is 0 Å². The number of halogens is 1. The molecule has 0 saturated carbocycles. The van der Waals surface area contributed by atoms with Crippen molar-refractivity contribution in [2.75, 3.05) is 5.73 Å². The fourth-order valence-corrected chi connectivity index (χ4v) is 1.10. The third kappa shape index (κ3) is 1.38. The van der Waals surface area contributed by atoms with E-state index in [9.17, 15) is 4.39 Å². The Morgan fingerprint density at radius 3 is 2.85 bits per heavy atom. The third-order valence-electron chi connectivity index (χ3n) is 1.75. The van der Waals surface area contributed by atoms with Crippen molar-refractivity contribution >= 4 is 5.69 Å². The molecule has 0 spiro atoms. The van der Waals surface area contributed by atoms with Gasteiger partial charge >= 0.3 is 0 Å². The Balaban J connectivity index is 2.49. The van der Waals surface area contributed by atoms with E-state index in [-0.39, 0.29) is 5.69 Å². The molecule has 1 aromatic heterocycles. The van der Waals surface area contributed by atoms with Crippen LogP contribution in [0.4, 0.5) is 10.1 Å². The third-order valence-corrected chi connectivity index (χ3v) is 1.75. The van der Waals surface area contributed by atoms with Crippen molar-refractivity contribution in [3.63, 3.8) is 0 Å². The van der Waals surface area contributed by atoms with Gasteiger partial charge in [-0.1, -0.05) is 0 Å². The molecule has 13 heavy (non-hydrogen) atoms. The van der Waals surface area contributed by atoms with Crippen LogP contribution in [-0.4, -0.2) is 9.78 Å². The Kier molecular flexibility index (Phi) is 1.73. The summed E-state index contributed by atoms with van der Waals surface area (Å²) in [6.07, 6.45) is 3.42. The van der Waals surface area contributed by atoms with E-state index in [0.29, 0.717) is 0 Å². The van der Waals surface area contributed by atoms with Gasteiger partial charge in [-0.3, -0.25) is 0 Å². The Hall–Kier alpha value is -1.84. The molecule has 0 unspecified atom stereocenters. The highest BCUT2D eigenvalue weighted by atomic mass is 19.1. The minimum absolute atomic E-state index is 0.132. The molecule has 66 valence electrons. The molecule has 4 heteroatoms. The smallest absolute Gasteiger partial charge is 0.146 e. The first kappa shape index (κ1) is 7.79. The zero-order chi connectivity index (χ0) is 9.26. The van der Waals surface area contributed by atoms with Crippen LogP contribution in [0.5, 0.6) is 0 Å². The van der Waals surface area contributed by atoms with E-state index in [0.717, 1.165) is 5.69 Å². The quantitative estimate of drug-likeness (QED) is 0.672. The standard InChI is InChI=1S/C9H8FN3/c10-8-3-2-7(6-9(8)11)13-5-1-4-12-13/h1-6H,11H2. The lowest BCUT2D eigenvalue weighted by molar-refractivity contribution is 0.631. The van der Waals surface area contributed by atoms with Gasteiger partial charge in [0.2, 0.25) is 0 Å². The Morgan fingerprint density at radius 2 is 2.23 bits per heavy atom. The number of nitrogens with zero attached hydrogens (tertiary/aromatic N) is 2. The summed E-state index contributed by atoms with van der Waals surface area (Å²) in [4.78, 5) is 0. The second-order valence-electron chi connectivity index (χ2n) is 2.66. The maximum atomic E-state index is 12.8. The zero-order valence-electron chi connectivity index (χ0n) is 6.81. The molecule has 2 N–H and O–H groups in total. The van der Waals surface area contributed by atoms with Gasteiger partial charge in [-0.15, -0.1) is 0 Å². The maximum absolute atomic E-state index is 12.8.